The van der Waals surface area contributed by atoms with Crippen LogP contribution in [-0.2, 0) is 0 Å². The van der Waals surface area contributed by atoms with Crippen LogP contribution in [0.3, 0.4) is 0 Å². The Balaban J connectivity index is 2.46. The van der Waals surface area contributed by atoms with Gasteiger partial charge in [0, 0.05) is 0 Å². The molecule has 19 heavy (non-hydrogen) atoms. The van der Waals surface area contributed by atoms with E-state index in [1.165, 1.54) is 0 Å². The van der Waals surface area contributed by atoms with Gasteiger partial charge in [-0.05, 0) is 0 Å². The Bertz CT molecular complexity index is 559. The van der Waals surface area contributed by atoms with E-state index in [0.717, 1.165) is 7.22 Å². The van der Waals surface area contributed by atoms with Crippen molar-refractivity contribution in [1.82, 2.24) is 0 Å². The predicted octanol–water partition coefficient (Wildman–Crippen LogP) is 2.74. The number of halogens is 2. The molecule has 2 aromatic carbocycles. The van der Waals surface area contributed by atoms with E-state index in [-0.39, 0.29) is 0 Å². The number of hydrogen-bond donors (Lipinski definition) is 0. The Morgan fingerprint density at radius 1 is 0.789 bits per heavy atom. The molecule has 0 atom stereocenters. The van der Waals surface area contributed by atoms with Crippen LogP contribution in [0.2, 0.25) is 0 Å². The molecule has 0 aromatic heterocycles. The van der Waals surface area contributed by atoms with Crippen molar-refractivity contribution in [3.05, 3.63) is 48.5 Å². The van der Waals surface area contributed by atoms with E-state index in [2.05, 4.69) is 0 Å². The fraction of sp³-hybridized carbons (Fsp3) is 0.143. The Morgan fingerprint density at radius 3 is 2.00 bits per heavy atom. The summed E-state index contributed by atoms with van der Waals surface area (Å²) in [6.07, 6.45) is 0. The van der Waals surface area contributed by atoms with E-state index < -0.39 is 15.9 Å². The van der Waals surface area contributed by atoms with E-state index in [9.17, 15) is 0 Å². The van der Waals surface area contributed by atoms with E-state index in [1.807, 2.05) is 48.5 Å². The summed E-state index contributed by atoms with van der Waals surface area (Å²) in [6, 6.07) is 15.4. The van der Waals surface area contributed by atoms with Gasteiger partial charge in [0.2, 0.25) is 0 Å². The first-order valence-corrected chi connectivity index (χ1v) is 13.8. The van der Waals surface area contributed by atoms with Gasteiger partial charge in [0.15, 0.2) is 0 Å². The van der Waals surface area contributed by atoms with Crippen molar-refractivity contribution >= 4 is 41.1 Å². The van der Waals surface area contributed by atoms with Gasteiger partial charge in [-0.1, -0.05) is 0 Å². The Morgan fingerprint density at radius 2 is 1.42 bits per heavy atom. The second-order valence-corrected chi connectivity index (χ2v) is 16.4. The fourth-order valence-corrected chi connectivity index (χ4v) is 7.98. The molecule has 0 unspecified atom stereocenters. The summed E-state index contributed by atoms with van der Waals surface area (Å²) >= 11 is -3.32. The molecule has 2 rings (SSSR count). The van der Waals surface area contributed by atoms with E-state index in [4.69, 9.17) is 27.4 Å². The zero-order valence-electron chi connectivity index (χ0n) is 10.6. The molecule has 0 heterocycles. The van der Waals surface area contributed by atoms with Crippen molar-refractivity contribution in [2.45, 2.75) is 0 Å². The molecule has 2 aromatic rings. The Kier molecular flexibility index (Phi) is 4.86. The minimum atomic E-state index is -3.32. The summed E-state index contributed by atoms with van der Waals surface area (Å²) in [4.78, 5) is 0. The van der Waals surface area contributed by atoms with E-state index >= 15 is 0 Å². The second kappa shape index (κ2) is 6.24. The first kappa shape index (κ1) is 14.8. The van der Waals surface area contributed by atoms with Crippen molar-refractivity contribution in [2.24, 2.45) is 0 Å². The van der Waals surface area contributed by atoms with Crippen LogP contribution in [0.15, 0.2) is 48.5 Å². The van der Waals surface area contributed by atoms with Crippen LogP contribution in [0.1, 0.15) is 0 Å². The molecule has 0 saturated carbocycles. The average Bonchev–Trinajstić information content (AvgIpc) is 2.47. The first-order chi connectivity index (χ1) is 9.09. The normalized spacial score (nSPS) is 12.0. The summed E-state index contributed by atoms with van der Waals surface area (Å²) in [5.41, 5.74) is 0. The zero-order valence-corrected chi connectivity index (χ0v) is 14.4. The van der Waals surface area contributed by atoms with Gasteiger partial charge in [-0.3, -0.25) is 0 Å². The maximum atomic E-state index is 6.67. The molecule has 102 valence electrons. The van der Waals surface area contributed by atoms with Gasteiger partial charge in [0.05, 0.1) is 0 Å². The van der Waals surface area contributed by atoms with Crippen LogP contribution in [-0.4, -0.2) is 30.2 Å². The average molecular weight is 413 g/mol. The van der Waals surface area contributed by atoms with Crippen molar-refractivity contribution < 1.29 is 9.47 Å². The molecule has 0 spiro atoms. The molecule has 0 N–H and O–H groups in total. The molecule has 2 nitrogen and oxygen atoms in total. The van der Waals surface area contributed by atoms with Crippen molar-refractivity contribution in [3.63, 3.8) is 0 Å². The van der Waals surface area contributed by atoms with Crippen LogP contribution >= 0.6 is 17.9 Å². The summed E-state index contributed by atoms with van der Waals surface area (Å²) in [6.45, 7) is 0. The van der Waals surface area contributed by atoms with Crippen LogP contribution in [0, 0.1) is 0 Å². The van der Waals surface area contributed by atoms with Crippen LogP contribution in [0.4, 0.5) is 0 Å². The summed E-state index contributed by atoms with van der Waals surface area (Å²) in [5, 5.41) is 0. The first-order valence-electron chi connectivity index (χ1n) is 5.59. The van der Waals surface area contributed by atoms with Crippen LogP contribution < -0.4 is 16.7 Å². The predicted molar refractivity (Wildman–Crippen MR) is 82.7 cm³/mol. The zero-order chi connectivity index (χ0) is 13.9. The monoisotopic (exact) mass is 414 g/mol. The second-order valence-electron chi connectivity index (χ2n) is 3.80. The van der Waals surface area contributed by atoms with Gasteiger partial charge in [-0.2, -0.15) is 0 Å². The summed E-state index contributed by atoms with van der Waals surface area (Å²) in [5.74, 6) is 1.32. The van der Waals surface area contributed by atoms with Crippen molar-refractivity contribution in [3.8, 4) is 11.5 Å². The van der Waals surface area contributed by atoms with Gasteiger partial charge in [0.1, 0.15) is 0 Å². The number of ether oxygens (including phenoxy) is 2. The molecule has 0 saturated heterocycles. The summed E-state index contributed by atoms with van der Waals surface area (Å²) < 4.78 is 12.4. The minimum absolute atomic E-state index is 0.646. The maximum absolute atomic E-state index is 6.67. The SMILES string of the molecule is COc1ccc([Te](Cl)(Cl)c2ccccc2)cc1OC. The van der Waals surface area contributed by atoms with Gasteiger partial charge in [-0.25, -0.2) is 0 Å². The number of hydrogen-bond acceptors (Lipinski definition) is 2. The molecule has 0 aliphatic heterocycles. The molecule has 0 radical (unpaired) electrons. The molecule has 0 bridgehead atoms. The van der Waals surface area contributed by atoms with Crippen molar-refractivity contribution in [2.75, 3.05) is 14.2 Å². The molecular formula is C14H14Cl2O2Te. The Labute approximate surface area is 124 Å². The third-order valence-electron chi connectivity index (χ3n) is 2.69. The van der Waals surface area contributed by atoms with Gasteiger partial charge in [0.25, 0.3) is 0 Å². The molecule has 5 heteroatoms. The molecule has 0 aliphatic carbocycles. The van der Waals surface area contributed by atoms with Crippen LogP contribution in [0.5, 0.6) is 11.5 Å². The number of benzene rings is 2. The van der Waals surface area contributed by atoms with Gasteiger partial charge >= 0.3 is 125 Å². The fourth-order valence-electron chi connectivity index (χ4n) is 1.70. The number of rotatable bonds is 4. The third-order valence-corrected chi connectivity index (χ3v) is 12.4. The topological polar surface area (TPSA) is 18.5 Å². The third kappa shape index (κ3) is 3.12. The summed E-state index contributed by atoms with van der Waals surface area (Å²) in [7, 11) is 16.5. The Hall–Kier alpha value is -0.590. The molecule has 0 amide bonds. The van der Waals surface area contributed by atoms with Crippen LogP contribution in [0.25, 0.3) is 0 Å². The van der Waals surface area contributed by atoms with E-state index in [1.54, 1.807) is 14.2 Å². The molecule has 0 aliphatic rings. The number of methoxy groups -OCH3 is 2. The standard InChI is InChI=1S/C14H14Cl2O2Te/c1-17-13-9-8-12(10-14(13)18-2)19(15,16)11-6-4-3-5-7-11/h3-10H,1-2H3. The quantitative estimate of drug-likeness (QED) is 0.719. The molecular weight excluding hydrogens is 399 g/mol. The van der Waals surface area contributed by atoms with Gasteiger partial charge < -0.3 is 0 Å². The van der Waals surface area contributed by atoms with Gasteiger partial charge in [-0.15, -0.1) is 0 Å². The molecule has 0 fully saturated rings. The van der Waals surface area contributed by atoms with E-state index in [0.29, 0.717) is 11.5 Å². The van der Waals surface area contributed by atoms with Crippen molar-refractivity contribution in [1.29, 1.82) is 0 Å².